The predicted molar refractivity (Wildman–Crippen MR) is 81.0 cm³/mol. The van der Waals surface area contributed by atoms with Gasteiger partial charge in [0.1, 0.15) is 0 Å². The van der Waals surface area contributed by atoms with E-state index < -0.39 is 10.0 Å². The largest absolute Gasteiger partial charge is 0.313 e. The third-order valence-corrected chi connectivity index (χ3v) is 5.54. The zero-order valence-corrected chi connectivity index (χ0v) is 13.1. The van der Waals surface area contributed by atoms with Crippen LogP contribution in [0.15, 0.2) is 29.2 Å². The molecule has 0 aromatic heterocycles. The molecule has 1 aliphatic heterocycles. The highest BCUT2D eigenvalue weighted by Crippen LogP contribution is 2.24. The van der Waals surface area contributed by atoms with Gasteiger partial charge in [0.25, 0.3) is 0 Å². The van der Waals surface area contributed by atoms with Gasteiger partial charge in [0, 0.05) is 19.6 Å². The maximum absolute atomic E-state index is 12.6. The average Bonchev–Trinajstić information content (AvgIpc) is 2.87. The first-order valence-corrected chi connectivity index (χ1v) is 8.78. The first kappa shape index (κ1) is 15.5. The standard InChI is InChI=1S/C15H24N2O2S/c1-3-8-16-11-14-5-4-6-15(10-14)20(18,19)17-9-7-13(2)12-17/h4-6,10,13,16H,3,7-9,11-12H2,1-2H3. The molecule has 1 aliphatic rings. The monoisotopic (exact) mass is 296 g/mol. The number of nitrogens with zero attached hydrogens (tertiary/aromatic N) is 1. The van der Waals surface area contributed by atoms with E-state index >= 15 is 0 Å². The van der Waals surface area contributed by atoms with E-state index in [-0.39, 0.29) is 0 Å². The molecule has 0 spiro atoms. The van der Waals surface area contributed by atoms with E-state index in [1.165, 1.54) is 0 Å². The number of sulfonamides is 1. The van der Waals surface area contributed by atoms with Crippen LogP contribution in [0, 0.1) is 5.92 Å². The lowest BCUT2D eigenvalue weighted by Crippen LogP contribution is -2.28. The van der Waals surface area contributed by atoms with Gasteiger partial charge in [-0.05, 0) is 43.0 Å². The summed E-state index contributed by atoms with van der Waals surface area (Å²) in [5.41, 5.74) is 1.02. The third-order valence-electron chi connectivity index (χ3n) is 3.68. The van der Waals surface area contributed by atoms with Crippen LogP contribution in [0.3, 0.4) is 0 Å². The van der Waals surface area contributed by atoms with Crippen molar-refractivity contribution in [3.63, 3.8) is 0 Å². The molecule has 0 saturated carbocycles. The fraction of sp³-hybridized carbons (Fsp3) is 0.600. The summed E-state index contributed by atoms with van der Waals surface area (Å²) in [6, 6.07) is 7.28. The second-order valence-electron chi connectivity index (χ2n) is 5.58. The van der Waals surface area contributed by atoms with Crippen molar-refractivity contribution in [2.45, 2.75) is 38.1 Å². The van der Waals surface area contributed by atoms with Crippen molar-refractivity contribution in [3.05, 3.63) is 29.8 Å². The summed E-state index contributed by atoms with van der Waals surface area (Å²) in [4.78, 5) is 0.419. The summed E-state index contributed by atoms with van der Waals surface area (Å²) in [6.45, 7) is 7.15. The molecule has 0 radical (unpaired) electrons. The molecular formula is C15H24N2O2S. The van der Waals surface area contributed by atoms with Crippen LogP contribution in [0.4, 0.5) is 0 Å². The van der Waals surface area contributed by atoms with Gasteiger partial charge < -0.3 is 5.32 Å². The summed E-state index contributed by atoms with van der Waals surface area (Å²) in [7, 11) is -3.32. The van der Waals surface area contributed by atoms with Crippen LogP contribution < -0.4 is 5.32 Å². The van der Waals surface area contributed by atoms with Crippen LogP contribution in [0.25, 0.3) is 0 Å². The Hall–Kier alpha value is -0.910. The minimum atomic E-state index is -3.32. The molecule has 112 valence electrons. The van der Waals surface area contributed by atoms with E-state index in [9.17, 15) is 8.42 Å². The second kappa shape index (κ2) is 6.70. The van der Waals surface area contributed by atoms with Gasteiger partial charge in [-0.15, -0.1) is 0 Å². The molecule has 1 aromatic rings. The Morgan fingerprint density at radius 2 is 2.20 bits per heavy atom. The van der Waals surface area contributed by atoms with Crippen molar-refractivity contribution >= 4 is 10.0 Å². The van der Waals surface area contributed by atoms with Crippen molar-refractivity contribution < 1.29 is 8.42 Å². The first-order chi connectivity index (χ1) is 9.54. The van der Waals surface area contributed by atoms with Gasteiger partial charge in [-0.25, -0.2) is 8.42 Å². The number of hydrogen-bond donors (Lipinski definition) is 1. The average molecular weight is 296 g/mol. The fourth-order valence-electron chi connectivity index (χ4n) is 2.49. The van der Waals surface area contributed by atoms with Crippen LogP contribution in [0.5, 0.6) is 0 Å². The van der Waals surface area contributed by atoms with Crippen molar-refractivity contribution in [2.75, 3.05) is 19.6 Å². The van der Waals surface area contributed by atoms with E-state index in [1.807, 2.05) is 12.1 Å². The van der Waals surface area contributed by atoms with E-state index in [0.29, 0.717) is 30.4 Å². The summed E-state index contributed by atoms with van der Waals surface area (Å²) in [6.07, 6.45) is 2.03. The topological polar surface area (TPSA) is 49.4 Å². The van der Waals surface area contributed by atoms with Gasteiger partial charge in [0.2, 0.25) is 10.0 Å². The number of benzene rings is 1. The lowest BCUT2D eigenvalue weighted by molar-refractivity contribution is 0.464. The summed E-state index contributed by atoms with van der Waals surface area (Å²) < 4.78 is 26.7. The normalized spacial score (nSPS) is 20.4. The van der Waals surface area contributed by atoms with Crippen LogP contribution in [0.1, 0.15) is 32.3 Å². The molecule has 1 saturated heterocycles. The molecular weight excluding hydrogens is 272 g/mol. The lowest BCUT2D eigenvalue weighted by atomic mass is 10.2. The number of hydrogen-bond acceptors (Lipinski definition) is 3. The smallest absolute Gasteiger partial charge is 0.243 e. The molecule has 5 heteroatoms. The molecule has 1 fully saturated rings. The highest BCUT2D eigenvalue weighted by atomic mass is 32.2. The fourth-order valence-corrected chi connectivity index (χ4v) is 4.13. The van der Waals surface area contributed by atoms with Crippen molar-refractivity contribution in [2.24, 2.45) is 5.92 Å². The quantitative estimate of drug-likeness (QED) is 0.819. The molecule has 1 N–H and O–H groups in total. The van der Waals surface area contributed by atoms with Gasteiger partial charge in [0.05, 0.1) is 4.90 Å². The highest BCUT2D eigenvalue weighted by Gasteiger charge is 2.30. The zero-order valence-electron chi connectivity index (χ0n) is 12.3. The molecule has 4 nitrogen and oxygen atoms in total. The van der Waals surface area contributed by atoms with Crippen molar-refractivity contribution in [3.8, 4) is 0 Å². The Kier molecular flexibility index (Phi) is 5.18. The summed E-state index contributed by atoms with van der Waals surface area (Å²) in [5.74, 6) is 0.458. The van der Waals surface area contributed by atoms with Crippen molar-refractivity contribution in [1.29, 1.82) is 0 Å². The van der Waals surface area contributed by atoms with Gasteiger partial charge in [-0.3, -0.25) is 0 Å². The SMILES string of the molecule is CCCNCc1cccc(S(=O)(=O)N2CCC(C)C2)c1. The molecule has 1 heterocycles. The Bertz CT molecular complexity index is 543. The maximum atomic E-state index is 12.6. The van der Waals surface area contributed by atoms with E-state index in [0.717, 1.165) is 24.9 Å². The Labute approximate surface area is 122 Å². The van der Waals surface area contributed by atoms with E-state index in [4.69, 9.17) is 0 Å². The number of nitrogens with one attached hydrogen (secondary N) is 1. The van der Waals surface area contributed by atoms with E-state index in [1.54, 1.807) is 16.4 Å². The van der Waals surface area contributed by atoms with Crippen LogP contribution >= 0.6 is 0 Å². The molecule has 20 heavy (non-hydrogen) atoms. The maximum Gasteiger partial charge on any atom is 0.243 e. The van der Waals surface area contributed by atoms with Gasteiger partial charge in [0.15, 0.2) is 0 Å². The Balaban J connectivity index is 2.13. The van der Waals surface area contributed by atoms with Crippen molar-refractivity contribution in [1.82, 2.24) is 9.62 Å². The van der Waals surface area contributed by atoms with Crippen LogP contribution in [0.2, 0.25) is 0 Å². The molecule has 0 amide bonds. The Morgan fingerprint density at radius 1 is 1.40 bits per heavy atom. The minimum absolute atomic E-state index is 0.419. The summed E-state index contributed by atoms with van der Waals surface area (Å²) in [5, 5.41) is 3.30. The summed E-state index contributed by atoms with van der Waals surface area (Å²) >= 11 is 0. The zero-order chi connectivity index (χ0) is 14.6. The molecule has 0 bridgehead atoms. The van der Waals surface area contributed by atoms with Gasteiger partial charge >= 0.3 is 0 Å². The van der Waals surface area contributed by atoms with E-state index in [2.05, 4.69) is 19.2 Å². The molecule has 0 aliphatic carbocycles. The highest BCUT2D eigenvalue weighted by molar-refractivity contribution is 7.89. The van der Waals surface area contributed by atoms with Gasteiger partial charge in [-0.1, -0.05) is 26.0 Å². The van der Waals surface area contributed by atoms with Gasteiger partial charge in [-0.2, -0.15) is 4.31 Å². The predicted octanol–water partition coefficient (Wildman–Crippen LogP) is 2.22. The van der Waals surface area contributed by atoms with Crippen LogP contribution in [-0.2, 0) is 16.6 Å². The molecule has 1 atom stereocenters. The number of rotatable bonds is 6. The Morgan fingerprint density at radius 3 is 2.85 bits per heavy atom. The minimum Gasteiger partial charge on any atom is -0.313 e. The molecule has 1 aromatic carbocycles. The first-order valence-electron chi connectivity index (χ1n) is 7.34. The molecule has 1 unspecified atom stereocenters. The second-order valence-corrected chi connectivity index (χ2v) is 7.52. The lowest BCUT2D eigenvalue weighted by Gasteiger charge is -2.16. The molecule has 2 rings (SSSR count). The van der Waals surface area contributed by atoms with Crippen LogP contribution in [-0.4, -0.2) is 32.4 Å². The third kappa shape index (κ3) is 3.59.